The third-order valence-electron chi connectivity index (χ3n) is 3.96. The average molecular weight is 354 g/mol. The first-order valence-corrected chi connectivity index (χ1v) is 7.70. The van der Waals surface area contributed by atoms with Gasteiger partial charge >= 0.3 is 5.97 Å². The van der Waals surface area contributed by atoms with Crippen LogP contribution in [0, 0.1) is 0 Å². The molecule has 1 aliphatic heterocycles. The predicted molar refractivity (Wildman–Crippen MR) is 90.1 cm³/mol. The molecule has 0 bridgehead atoms. The quantitative estimate of drug-likeness (QED) is 0.555. The zero-order valence-electron chi connectivity index (χ0n) is 13.4. The van der Waals surface area contributed by atoms with E-state index in [0.717, 1.165) is 17.0 Å². The molecule has 3 amide bonds. The van der Waals surface area contributed by atoms with Crippen molar-refractivity contribution in [2.45, 2.75) is 6.42 Å². The number of hydrogen-bond donors (Lipinski definition) is 3. The average Bonchev–Trinajstić information content (AvgIpc) is 2.86. The number of carbonyl (C=O) groups excluding carboxylic acids is 3. The summed E-state index contributed by atoms with van der Waals surface area (Å²) in [5.41, 5.74) is 0.435. The van der Waals surface area contributed by atoms with Crippen molar-refractivity contribution in [1.82, 2.24) is 4.90 Å². The summed E-state index contributed by atoms with van der Waals surface area (Å²) in [4.78, 5) is 48.4. The molecule has 0 unspecified atom stereocenters. The Balaban J connectivity index is 1.66. The van der Waals surface area contributed by atoms with Crippen molar-refractivity contribution >= 4 is 29.4 Å². The van der Waals surface area contributed by atoms with Gasteiger partial charge in [-0.2, -0.15) is 0 Å². The zero-order chi connectivity index (χ0) is 18.8. The monoisotopic (exact) mass is 354 g/mol. The molecule has 0 saturated carbocycles. The van der Waals surface area contributed by atoms with E-state index < -0.39 is 23.7 Å². The van der Waals surface area contributed by atoms with E-state index in [2.05, 4.69) is 5.32 Å². The third-order valence-corrected chi connectivity index (χ3v) is 3.96. The fourth-order valence-corrected chi connectivity index (χ4v) is 2.64. The molecule has 0 saturated heterocycles. The molecule has 0 atom stereocenters. The minimum absolute atomic E-state index is 0.0581. The van der Waals surface area contributed by atoms with Gasteiger partial charge in [0.2, 0.25) is 5.91 Å². The van der Waals surface area contributed by atoms with Gasteiger partial charge in [-0.15, -0.1) is 0 Å². The number of carbonyl (C=O) groups is 4. The molecular weight excluding hydrogens is 340 g/mol. The number of carboxylic acid groups (broad SMARTS) is 1. The van der Waals surface area contributed by atoms with Gasteiger partial charge in [0.25, 0.3) is 11.8 Å². The molecule has 0 radical (unpaired) electrons. The van der Waals surface area contributed by atoms with Gasteiger partial charge in [0.05, 0.1) is 22.4 Å². The standard InChI is InChI=1S/C18H14N2O6/c21-14-6-5-10(18(25)26)9-13(14)19-15(22)7-8-20-16(23)11-3-1-2-4-12(11)17(20)24/h1-6,9,21H,7-8H2,(H,19,22)(H,25,26). The van der Waals surface area contributed by atoms with Crippen LogP contribution in [0.2, 0.25) is 0 Å². The summed E-state index contributed by atoms with van der Waals surface area (Å²) in [5.74, 6) is -2.99. The Bertz CT molecular complexity index is 902. The number of nitrogens with zero attached hydrogens (tertiary/aromatic N) is 1. The highest BCUT2D eigenvalue weighted by Crippen LogP contribution is 2.25. The Kier molecular flexibility index (Phi) is 4.40. The first-order valence-electron chi connectivity index (χ1n) is 7.70. The van der Waals surface area contributed by atoms with Crippen LogP contribution in [0.5, 0.6) is 5.75 Å². The number of benzene rings is 2. The van der Waals surface area contributed by atoms with Gasteiger partial charge in [-0.05, 0) is 30.3 Å². The van der Waals surface area contributed by atoms with Gasteiger partial charge in [-0.3, -0.25) is 19.3 Å². The van der Waals surface area contributed by atoms with E-state index in [9.17, 15) is 24.3 Å². The smallest absolute Gasteiger partial charge is 0.335 e. The van der Waals surface area contributed by atoms with Crippen molar-refractivity contribution < 1.29 is 29.4 Å². The number of imide groups is 1. The number of fused-ring (bicyclic) bond motifs is 1. The highest BCUT2D eigenvalue weighted by molar-refractivity contribution is 6.21. The lowest BCUT2D eigenvalue weighted by molar-refractivity contribution is -0.116. The summed E-state index contributed by atoms with van der Waals surface area (Å²) in [6.07, 6.45) is -0.192. The van der Waals surface area contributed by atoms with E-state index in [1.165, 1.54) is 6.07 Å². The Morgan fingerprint density at radius 1 is 1.00 bits per heavy atom. The van der Waals surface area contributed by atoms with Crippen molar-refractivity contribution in [1.29, 1.82) is 0 Å². The van der Waals surface area contributed by atoms with Gasteiger partial charge in [0, 0.05) is 13.0 Å². The van der Waals surface area contributed by atoms with Crippen LogP contribution in [-0.2, 0) is 4.79 Å². The lowest BCUT2D eigenvalue weighted by atomic mass is 10.1. The normalized spacial score (nSPS) is 12.8. The van der Waals surface area contributed by atoms with Crippen LogP contribution in [0.3, 0.4) is 0 Å². The molecule has 1 aliphatic rings. The van der Waals surface area contributed by atoms with Crippen LogP contribution in [-0.4, -0.2) is 45.3 Å². The van der Waals surface area contributed by atoms with Gasteiger partial charge < -0.3 is 15.5 Å². The second-order valence-corrected chi connectivity index (χ2v) is 5.64. The van der Waals surface area contributed by atoms with Crippen LogP contribution >= 0.6 is 0 Å². The topological polar surface area (TPSA) is 124 Å². The number of hydrogen-bond acceptors (Lipinski definition) is 5. The van der Waals surface area contributed by atoms with Crippen LogP contribution in [0.4, 0.5) is 5.69 Å². The molecule has 2 aromatic carbocycles. The highest BCUT2D eigenvalue weighted by atomic mass is 16.4. The van der Waals surface area contributed by atoms with Crippen molar-refractivity contribution in [2.24, 2.45) is 0 Å². The van der Waals surface area contributed by atoms with Gasteiger partial charge in [-0.1, -0.05) is 12.1 Å². The molecule has 1 heterocycles. The summed E-state index contributed by atoms with van der Waals surface area (Å²) in [6, 6.07) is 9.87. The highest BCUT2D eigenvalue weighted by Gasteiger charge is 2.34. The van der Waals surface area contributed by atoms with Gasteiger partial charge in [0.1, 0.15) is 5.75 Å². The fraction of sp³-hybridized carbons (Fsp3) is 0.111. The number of aromatic carboxylic acids is 1. The maximum absolute atomic E-state index is 12.2. The van der Waals surface area contributed by atoms with E-state index in [1.54, 1.807) is 24.3 Å². The molecule has 0 fully saturated rings. The molecule has 8 nitrogen and oxygen atoms in total. The largest absolute Gasteiger partial charge is 0.506 e. The number of phenols is 1. The zero-order valence-corrected chi connectivity index (χ0v) is 13.4. The van der Waals surface area contributed by atoms with E-state index in [1.807, 2.05) is 0 Å². The Labute approximate surface area is 147 Å². The van der Waals surface area contributed by atoms with Gasteiger partial charge in [-0.25, -0.2) is 4.79 Å². The first kappa shape index (κ1) is 17.2. The minimum atomic E-state index is -1.20. The number of anilines is 1. The molecule has 26 heavy (non-hydrogen) atoms. The summed E-state index contributed by atoms with van der Waals surface area (Å²) in [6.45, 7) is -0.127. The summed E-state index contributed by atoms with van der Waals surface area (Å²) in [5, 5.41) is 21.0. The van der Waals surface area contributed by atoms with E-state index in [0.29, 0.717) is 11.1 Å². The predicted octanol–water partition coefficient (Wildman–Crippen LogP) is 1.72. The molecule has 0 aliphatic carbocycles. The van der Waals surface area contributed by atoms with Crippen LogP contribution in [0.25, 0.3) is 0 Å². The first-order chi connectivity index (χ1) is 12.4. The molecule has 132 valence electrons. The third kappa shape index (κ3) is 3.12. The number of aromatic hydroxyl groups is 1. The molecule has 8 heteroatoms. The number of nitrogens with one attached hydrogen (secondary N) is 1. The molecule has 2 aromatic rings. The maximum atomic E-state index is 12.2. The Morgan fingerprint density at radius 2 is 1.62 bits per heavy atom. The van der Waals surface area contributed by atoms with Gasteiger partial charge in [0.15, 0.2) is 0 Å². The van der Waals surface area contributed by atoms with Crippen LogP contribution < -0.4 is 5.32 Å². The molecule has 3 rings (SSSR count). The van der Waals surface area contributed by atoms with Crippen molar-refractivity contribution in [2.75, 3.05) is 11.9 Å². The lowest BCUT2D eigenvalue weighted by Gasteiger charge is -2.14. The van der Waals surface area contributed by atoms with Crippen molar-refractivity contribution in [3.8, 4) is 5.75 Å². The lowest BCUT2D eigenvalue weighted by Crippen LogP contribution is -2.32. The van der Waals surface area contributed by atoms with E-state index >= 15 is 0 Å². The van der Waals surface area contributed by atoms with Crippen LogP contribution in [0.15, 0.2) is 42.5 Å². The second-order valence-electron chi connectivity index (χ2n) is 5.64. The molecular formula is C18H14N2O6. The SMILES string of the molecule is O=C(CCN1C(=O)c2ccccc2C1=O)Nc1cc(C(=O)O)ccc1O. The second kappa shape index (κ2) is 6.67. The van der Waals surface area contributed by atoms with E-state index in [-0.39, 0.29) is 30.0 Å². The number of rotatable bonds is 5. The Morgan fingerprint density at radius 3 is 2.19 bits per heavy atom. The van der Waals surface area contributed by atoms with E-state index in [4.69, 9.17) is 5.11 Å². The minimum Gasteiger partial charge on any atom is -0.506 e. The van der Waals surface area contributed by atoms with Crippen LogP contribution in [0.1, 0.15) is 37.5 Å². The fourth-order valence-electron chi connectivity index (χ4n) is 2.64. The molecule has 0 aromatic heterocycles. The number of phenolic OH excluding ortho intramolecular Hbond substituents is 1. The summed E-state index contributed by atoms with van der Waals surface area (Å²) < 4.78 is 0. The molecule has 0 spiro atoms. The number of carboxylic acids is 1. The Hall–Kier alpha value is -3.68. The molecule has 3 N–H and O–H groups in total. The maximum Gasteiger partial charge on any atom is 0.335 e. The van der Waals surface area contributed by atoms with Crippen molar-refractivity contribution in [3.05, 3.63) is 59.2 Å². The summed E-state index contributed by atoms with van der Waals surface area (Å²) in [7, 11) is 0. The summed E-state index contributed by atoms with van der Waals surface area (Å²) >= 11 is 0. The van der Waals surface area contributed by atoms with Crippen molar-refractivity contribution in [3.63, 3.8) is 0 Å². The number of amides is 3.